The first-order valence-electron chi connectivity index (χ1n) is 5.35. The quantitative estimate of drug-likeness (QED) is 0.804. The molecule has 0 aliphatic rings. The number of hydrogen-bond acceptors (Lipinski definition) is 4. The maximum absolute atomic E-state index is 4.40. The van der Waals surface area contributed by atoms with Gasteiger partial charge >= 0.3 is 0 Å². The van der Waals surface area contributed by atoms with Crippen LogP contribution in [0.15, 0.2) is 17.8 Å². The lowest BCUT2D eigenvalue weighted by Crippen LogP contribution is -2.19. The summed E-state index contributed by atoms with van der Waals surface area (Å²) in [5.74, 6) is 1.06. The topological polar surface area (TPSA) is 42.7 Å². The summed E-state index contributed by atoms with van der Waals surface area (Å²) in [5.41, 5.74) is 1.13. The molecule has 0 saturated carbocycles. The van der Waals surface area contributed by atoms with E-state index in [0.29, 0.717) is 0 Å². The van der Waals surface area contributed by atoms with E-state index in [9.17, 15) is 0 Å². The van der Waals surface area contributed by atoms with Crippen molar-refractivity contribution in [3.8, 4) is 0 Å². The van der Waals surface area contributed by atoms with Crippen molar-refractivity contribution in [3.63, 3.8) is 0 Å². The molecule has 0 aromatic carbocycles. The molecule has 2 aromatic rings. The molecule has 0 radical (unpaired) electrons. The van der Waals surface area contributed by atoms with Gasteiger partial charge in [0.2, 0.25) is 0 Å². The molecule has 0 bridgehead atoms. The minimum atomic E-state index is 0.845. The zero-order valence-corrected chi connectivity index (χ0v) is 10.4. The van der Waals surface area contributed by atoms with Crippen LogP contribution in [0.5, 0.6) is 0 Å². The SMILES string of the molecule is Cc1nc(CNCCn2ccnc2C)cs1. The Balaban J connectivity index is 1.71. The van der Waals surface area contributed by atoms with Crippen molar-refractivity contribution in [2.45, 2.75) is 26.9 Å². The Morgan fingerprint density at radius 2 is 2.31 bits per heavy atom. The van der Waals surface area contributed by atoms with Crippen molar-refractivity contribution in [1.29, 1.82) is 0 Å². The second kappa shape index (κ2) is 5.23. The average molecular weight is 236 g/mol. The van der Waals surface area contributed by atoms with Crippen molar-refractivity contribution < 1.29 is 0 Å². The molecule has 0 saturated heterocycles. The van der Waals surface area contributed by atoms with Gasteiger partial charge in [-0.05, 0) is 13.8 Å². The summed E-state index contributed by atoms with van der Waals surface area (Å²) < 4.78 is 2.14. The first-order chi connectivity index (χ1) is 7.75. The van der Waals surface area contributed by atoms with Crippen LogP contribution < -0.4 is 5.32 Å². The van der Waals surface area contributed by atoms with Crippen LogP contribution in [0.2, 0.25) is 0 Å². The molecule has 16 heavy (non-hydrogen) atoms. The lowest BCUT2D eigenvalue weighted by Gasteiger charge is -2.05. The predicted octanol–water partition coefficient (Wildman–Crippen LogP) is 1.75. The van der Waals surface area contributed by atoms with Gasteiger partial charge in [0.15, 0.2) is 0 Å². The summed E-state index contributed by atoms with van der Waals surface area (Å²) >= 11 is 1.70. The number of rotatable bonds is 5. The van der Waals surface area contributed by atoms with Gasteiger partial charge in [0.05, 0.1) is 10.7 Å². The Labute approximate surface area is 99.4 Å². The third-order valence-electron chi connectivity index (χ3n) is 2.43. The monoisotopic (exact) mass is 236 g/mol. The smallest absolute Gasteiger partial charge is 0.105 e. The second-order valence-corrected chi connectivity index (χ2v) is 4.76. The maximum atomic E-state index is 4.40. The molecule has 0 unspecified atom stereocenters. The average Bonchev–Trinajstić information content (AvgIpc) is 2.83. The molecule has 0 atom stereocenters. The van der Waals surface area contributed by atoms with Crippen LogP contribution in [0.25, 0.3) is 0 Å². The van der Waals surface area contributed by atoms with Crippen LogP contribution in [0, 0.1) is 13.8 Å². The van der Waals surface area contributed by atoms with E-state index >= 15 is 0 Å². The van der Waals surface area contributed by atoms with E-state index in [1.807, 2.05) is 26.2 Å². The molecule has 0 aliphatic heterocycles. The fourth-order valence-corrected chi connectivity index (χ4v) is 2.16. The summed E-state index contributed by atoms with van der Waals surface area (Å²) in [5, 5.41) is 6.61. The van der Waals surface area contributed by atoms with Gasteiger partial charge in [-0.15, -0.1) is 11.3 Å². The van der Waals surface area contributed by atoms with E-state index in [4.69, 9.17) is 0 Å². The van der Waals surface area contributed by atoms with Gasteiger partial charge in [-0.1, -0.05) is 0 Å². The number of thiazole rings is 1. The molecular formula is C11H16N4S. The highest BCUT2D eigenvalue weighted by molar-refractivity contribution is 7.09. The van der Waals surface area contributed by atoms with Crippen molar-refractivity contribution in [2.75, 3.05) is 6.54 Å². The van der Waals surface area contributed by atoms with Gasteiger partial charge in [0.1, 0.15) is 5.82 Å². The highest BCUT2D eigenvalue weighted by atomic mass is 32.1. The number of nitrogens with zero attached hydrogens (tertiary/aromatic N) is 3. The molecule has 86 valence electrons. The molecule has 0 fully saturated rings. The van der Waals surface area contributed by atoms with Crippen molar-refractivity contribution >= 4 is 11.3 Å². The first-order valence-corrected chi connectivity index (χ1v) is 6.23. The van der Waals surface area contributed by atoms with Crippen molar-refractivity contribution in [3.05, 3.63) is 34.3 Å². The minimum absolute atomic E-state index is 0.845. The normalized spacial score (nSPS) is 10.9. The lowest BCUT2D eigenvalue weighted by molar-refractivity contribution is 0.583. The molecule has 2 heterocycles. The summed E-state index contributed by atoms with van der Waals surface area (Å²) in [6.07, 6.45) is 3.84. The summed E-state index contributed by atoms with van der Waals surface area (Å²) in [4.78, 5) is 8.58. The van der Waals surface area contributed by atoms with Gasteiger partial charge in [0.25, 0.3) is 0 Å². The third-order valence-corrected chi connectivity index (χ3v) is 3.25. The number of aryl methyl sites for hydroxylation is 2. The molecular weight excluding hydrogens is 220 g/mol. The van der Waals surface area contributed by atoms with Crippen LogP contribution in [-0.4, -0.2) is 21.1 Å². The lowest BCUT2D eigenvalue weighted by atomic mass is 10.4. The molecule has 1 N–H and O–H groups in total. The van der Waals surface area contributed by atoms with Gasteiger partial charge in [-0.3, -0.25) is 0 Å². The van der Waals surface area contributed by atoms with E-state index < -0.39 is 0 Å². The van der Waals surface area contributed by atoms with Crippen molar-refractivity contribution in [2.24, 2.45) is 0 Å². The highest BCUT2D eigenvalue weighted by Crippen LogP contribution is 2.07. The van der Waals surface area contributed by atoms with Gasteiger partial charge in [0, 0.05) is 37.4 Å². The van der Waals surface area contributed by atoms with E-state index in [1.54, 1.807) is 11.3 Å². The number of hydrogen-bond donors (Lipinski definition) is 1. The van der Waals surface area contributed by atoms with Gasteiger partial charge < -0.3 is 9.88 Å². The Bertz CT molecular complexity index is 446. The molecule has 0 spiro atoms. The molecule has 0 aliphatic carbocycles. The summed E-state index contributed by atoms with van der Waals surface area (Å²) in [6, 6.07) is 0. The highest BCUT2D eigenvalue weighted by Gasteiger charge is 1.98. The van der Waals surface area contributed by atoms with E-state index in [1.165, 1.54) is 0 Å². The van der Waals surface area contributed by atoms with E-state index in [-0.39, 0.29) is 0 Å². The molecule has 5 heteroatoms. The predicted molar refractivity (Wildman–Crippen MR) is 65.5 cm³/mol. The Morgan fingerprint density at radius 3 is 2.94 bits per heavy atom. The first kappa shape index (κ1) is 11.3. The van der Waals surface area contributed by atoms with Crippen LogP contribution in [0.4, 0.5) is 0 Å². The molecule has 0 amide bonds. The largest absolute Gasteiger partial charge is 0.334 e. The summed E-state index contributed by atoms with van der Waals surface area (Å²) in [6.45, 7) is 6.79. The van der Waals surface area contributed by atoms with Crippen LogP contribution >= 0.6 is 11.3 Å². The fraction of sp³-hybridized carbons (Fsp3) is 0.455. The number of aromatic nitrogens is 3. The maximum Gasteiger partial charge on any atom is 0.105 e. The number of imidazole rings is 1. The third kappa shape index (κ3) is 2.90. The zero-order valence-electron chi connectivity index (χ0n) is 9.60. The van der Waals surface area contributed by atoms with E-state index in [2.05, 4.69) is 25.2 Å². The second-order valence-electron chi connectivity index (χ2n) is 3.70. The number of nitrogens with one attached hydrogen (secondary N) is 1. The Kier molecular flexibility index (Phi) is 3.69. The van der Waals surface area contributed by atoms with E-state index in [0.717, 1.165) is 36.2 Å². The van der Waals surface area contributed by atoms with Crippen LogP contribution in [0.1, 0.15) is 16.5 Å². The van der Waals surface area contributed by atoms with Crippen LogP contribution in [-0.2, 0) is 13.1 Å². The van der Waals surface area contributed by atoms with Crippen molar-refractivity contribution in [1.82, 2.24) is 19.9 Å². The Hall–Kier alpha value is -1.20. The standard InChI is InChI=1S/C11H16N4S/c1-9-13-4-6-15(9)5-3-12-7-11-8-16-10(2)14-11/h4,6,8,12H,3,5,7H2,1-2H3. The molecule has 2 rings (SSSR count). The summed E-state index contributed by atoms with van der Waals surface area (Å²) in [7, 11) is 0. The molecule has 2 aromatic heterocycles. The fourth-order valence-electron chi connectivity index (χ4n) is 1.55. The van der Waals surface area contributed by atoms with Gasteiger partial charge in [-0.2, -0.15) is 0 Å². The van der Waals surface area contributed by atoms with Gasteiger partial charge in [-0.25, -0.2) is 9.97 Å². The van der Waals surface area contributed by atoms with Crippen LogP contribution in [0.3, 0.4) is 0 Å². The minimum Gasteiger partial charge on any atom is -0.334 e. The zero-order chi connectivity index (χ0) is 11.4. The Morgan fingerprint density at radius 1 is 1.44 bits per heavy atom. The molecule has 4 nitrogen and oxygen atoms in total.